The van der Waals surface area contributed by atoms with Crippen molar-refractivity contribution in [1.29, 1.82) is 0 Å². The largest absolute Gasteiger partial charge is 0.372 e. The number of amides is 2. The molecule has 0 aliphatic carbocycles. The number of carbonyl (C=O) groups is 2. The Morgan fingerprint density at radius 3 is 2.12 bits per heavy atom. The normalized spacial score (nSPS) is 13.8. The lowest BCUT2D eigenvalue weighted by Gasteiger charge is -2.32. The molecule has 4 aromatic rings. The van der Waals surface area contributed by atoms with Crippen molar-refractivity contribution in [2.24, 2.45) is 5.92 Å². The van der Waals surface area contributed by atoms with Crippen LogP contribution in [0.3, 0.4) is 0 Å². The van der Waals surface area contributed by atoms with Crippen LogP contribution in [0.2, 0.25) is 0 Å². The van der Waals surface area contributed by atoms with Gasteiger partial charge in [-0.15, -0.1) is 0 Å². The summed E-state index contributed by atoms with van der Waals surface area (Å²) in [4.78, 5) is 44.2. The molecule has 0 atom stereocenters. The van der Waals surface area contributed by atoms with E-state index in [2.05, 4.69) is 48.4 Å². The number of pyridine rings is 1. The summed E-state index contributed by atoms with van der Waals surface area (Å²) in [6.07, 6.45) is 4.35. The number of carbonyl (C=O) groups excluding carboxylic acids is 2. The highest BCUT2D eigenvalue weighted by Crippen LogP contribution is 2.25. The van der Waals surface area contributed by atoms with Gasteiger partial charge in [0.15, 0.2) is 0 Å². The number of anilines is 1. The Morgan fingerprint density at radius 2 is 1.48 bits per heavy atom. The third kappa shape index (κ3) is 5.78. The zero-order valence-corrected chi connectivity index (χ0v) is 23.2. The van der Waals surface area contributed by atoms with E-state index in [0.29, 0.717) is 40.9 Å². The van der Waals surface area contributed by atoms with Crippen LogP contribution in [0.4, 0.5) is 5.69 Å². The molecule has 0 radical (unpaired) electrons. The summed E-state index contributed by atoms with van der Waals surface area (Å²) >= 11 is 0. The Morgan fingerprint density at radius 1 is 0.850 bits per heavy atom. The van der Waals surface area contributed by atoms with E-state index in [9.17, 15) is 14.4 Å². The minimum absolute atomic E-state index is 0.124. The lowest BCUT2D eigenvalue weighted by Crippen LogP contribution is -2.40. The molecule has 0 unspecified atom stereocenters. The second-order valence-electron chi connectivity index (χ2n) is 10.3. The summed E-state index contributed by atoms with van der Waals surface area (Å²) < 4.78 is 1.15. The molecule has 1 N–H and O–H groups in total. The van der Waals surface area contributed by atoms with Gasteiger partial charge in [0, 0.05) is 54.4 Å². The van der Waals surface area contributed by atoms with Crippen molar-refractivity contribution < 1.29 is 9.59 Å². The van der Waals surface area contributed by atoms with Crippen molar-refractivity contribution >= 4 is 28.3 Å². The van der Waals surface area contributed by atoms with Gasteiger partial charge in [0.2, 0.25) is 0 Å². The van der Waals surface area contributed by atoms with Crippen molar-refractivity contribution in [2.45, 2.75) is 33.1 Å². The van der Waals surface area contributed by atoms with Crippen LogP contribution in [-0.4, -0.2) is 47.6 Å². The van der Waals surface area contributed by atoms with Crippen LogP contribution in [0.1, 0.15) is 53.0 Å². The molecule has 0 bridgehead atoms. The summed E-state index contributed by atoms with van der Waals surface area (Å²) in [6.45, 7) is 7.24. The van der Waals surface area contributed by atoms with Gasteiger partial charge in [0.1, 0.15) is 0 Å². The zero-order valence-electron chi connectivity index (χ0n) is 23.2. The molecule has 206 valence electrons. The zero-order chi connectivity index (χ0) is 28.1. The standard InChI is InChI=1S/C33H36N4O3/c1-3-35(4-2)27-16-14-26(15-17-27)31(38)34-37-23-30(28-12-8-9-13-29(28)33(37)40)32(39)36-20-18-25(19-21-36)22-24-10-6-5-7-11-24/h5-17,23,25H,3-4,18-22H2,1-2H3,(H,34,38). The monoisotopic (exact) mass is 536 g/mol. The lowest BCUT2D eigenvalue weighted by molar-refractivity contribution is 0.0691. The van der Waals surface area contributed by atoms with E-state index in [0.717, 1.165) is 42.7 Å². The van der Waals surface area contributed by atoms with Gasteiger partial charge in [-0.05, 0) is 74.9 Å². The molecule has 0 spiro atoms. The highest BCUT2D eigenvalue weighted by molar-refractivity contribution is 6.07. The van der Waals surface area contributed by atoms with Gasteiger partial charge in [-0.25, -0.2) is 4.68 Å². The minimum Gasteiger partial charge on any atom is -0.372 e. The summed E-state index contributed by atoms with van der Waals surface area (Å²) in [7, 11) is 0. The van der Waals surface area contributed by atoms with Gasteiger partial charge >= 0.3 is 0 Å². The number of likely N-dealkylation sites (tertiary alicyclic amines) is 1. The van der Waals surface area contributed by atoms with Crippen LogP contribution in [0, 0.1) is 5.92 Å². The number of nitrogens with one attached hydrogen (secondary N) is 1. The maximum atomic E-state index is 13.7. The number of fused-ring (bicyclic) bond motifs is 1. The van der Waals surface area contributed by atoms with Gasteiger partial charge in [0.25, 0.3) is 17.4 Å². The molecule has 2 heterocycles. The van der Waals surface area contributed by atoms with E-state index >= 15 is 0 Å². The molecule has 2 amide bonds. The predicted molar refractivity (Wildman–Crippen MR) is 161 cm³/mol. The second-order valence-corrected chi connectivity index (χ2v) is 10.3. The second kappa shape index (κ2) is 12.2. The molecular formula is C33H36N4O3. The molecular weight excluding hydrogens is 500 g/mol. The first-order valence-corrected chi connectivity index (χ1v) is 14.1. The van der Waals surface area contributed by atoms with Gasteiger partial charge in [-0.1, -0.05) is 48.5 Å². The Kier molecular flexibility index (Phi) is 8.29. The number of nitrogens with zero attached hydrogens (tertiary/aromatic N) is 3. The quantitative estimate of drug-likeness (QED) is 0.331. The molecule has 7 nitrogen and oxygen atoms in total. The Balaban J connectivity index is 1.35. The van der Waals surface area contributed by atoms with Crippen molar-refractivity contribution in [3.05, 3.63) is 112 Å². The van der Waals surface area contributed by atoms with E-state index in [4.69, 9.17) is 0 Å². The average molecular weight is 537 g/mol. The topological polar surface area (TPSA) is 74.7 Å². The van der Waals surface area contributed by atoms with Gasteiger partial charge < -0.3 is 9.80 Å². The number of rotatable bonds is 8. The van der Waals surface area contributed by atoms with Gasteiger partial charge in [-0.3, -0.25) is 19.8 Å². The van der Waals surface area contributed by atoms with Crippen molar-refractivity contribution in [2.75, 3.05) is 36.5 Å². The number of hydrogen-bond acceptors (Lipinski definition) is 4. The van der Waals surface area contributed by atoms with Crippen LogP contribution in [0.25, 0.3) is 10.8 Å². The third-order valence-electron chi connectivity index (χ3n) is 7.90. The Hall–Kier alpha value is -4.39. The molecule has 1 fully saturated rings. The van der Waals surface area contributed by atoms with E-state index in [1.54, 1.807) is 30.3 Å². The van der Waals surface area contributed by atoms with Crippen molar-refractivity contribution in [3.63, 3.8) is 0 Å². The average Bonchev–Trinajstić information content (AvgIpc) is 3.00. The van der Waals surface area contributed by atoms with Gasteiger partial charge in [-0.2, -0.15) is 0 Å². The molecule has 1 aliphatic rings. The fourth-order valence-electron chi connectivity index (χ4n) is 5.59. The molecule has 0 saturated carbocycles. The van der Waals surface area contributed by atoms with E-state index in [1.165, 1.54) is 11.8 Å². The van der Waals surface area contributed by atoms with E-state index in [-0.39, 0.29) is 11.5 Å². The number of piperidine rings is 1. The summed E-state index contributed by atoms with van der Waals surface area (Å²) in [5.41, 5.74) is 5.54. The first-order chi connectivity index (χ1) is 19.5. The fraction of sp³-hybridized carbons (Fsp3) is 0.303. The molecule has 7 heteroatoms. The van der Waals surface area contributed by atoms with Crippen LogP contribution in [0.15, 0.2) is 89.9 Å². The molecule has 3 aromatic carbocycles. The molecule has 5 rings (SSSR count). The van der Waals surface area contributed by atoms with E-state index in [1.807, 2.05) is 29.2 Å². The predicted octanol–water partition coefficient (Wildman–Crippen LogP) is 5.33. The van der Waals surface area contributed by atoms with Crippen LogP contribution in [0.5, 0.6) is 0 Å². The fourth-order valence-corrected chi connectivity index (χ4v) is 5.59. The Bertz CT molecular complexity index is 1530. The van der Waals surface area contributed by atoms with Gasteiger partial charge in [0.05, 0.1) is 5.56 Å². The van der Waals surface area contributed by atoms with E-state index < -0.39 is 5.91 Å². The minimum atomic E-state index is -0.413. The number of aromatic nitrogens is 1. The SMILES string of the molecule is CCN(CC)c1ccc(C(=O)Nn2cc(C(=O)N3CCC(Cc4ccccc4)CC3)c3ccccc3c2=O)cc1. The lowest BCUT2D eigenvalue weighted by atomic mass is 9.90. The van der Waals surface area contributed by atoms with Crippen LogP contribution in [-0.2, 0) is 6.42 Å². The summed E-state index contributed by atoms with van der Waals surface area (Å²) in [5.74, 6) is -0.00547. The van der Waals surface area contributed by atoms with Crippen LogP contribution < -0.4 is 15.9 Å². The Labute approximate surface area is 235 Å². The smallest absolute Gasteiger partial charge is 0.277 e. The summed E-state index contributed by atoms with van der Waals surface area (Å²) in [5, 5.41) is 0.988. The summed E-state index contributed by atoms with van der Waals surface area (Å²) in [6, 6.07) is 24.9. The third-order valence-corrected chi connectivity index (χ3v) is 7.90. The van der Waals surface area contributed by atoms with Crippen molar-refractivity contribution in [1.82, 2.24) is 9.58 Å². The maximum Gasteiger partial charge on any atom is 0.277 e. The number of hydrogen-bond donors (Lipinski definition) is 1. The number of benzene rings is 3. The maximum absolute atomic E-state index is 13.7. The first-order valence-electron chi connectivity index (χ1n) is 14.1. The highest BCUT2D eigenvalue weighted by atomic mass is 16.2. The molecule has 1 aliphatic heterocycles. The molecule has 1 saturated heterocycles. The van der Waals surface area contributed by atoms with Crippen molar-refractivity contribution in [3.8, 4) is 0 Å². The molecule has 1 aromatic heterocycles. The molecule has 40 heavy (non-hydrogen) atoms. The van der Waals surface area contributed by atoms with Crippen LogP contribution >= 0.6 is 0 Å². The first kappa shape index (κ1) is 27.2. The highest BCUT2D eigenvalue weighted by Gasteiger charge is 2.26.